The molecule has 0 saturated carbocycles. The number of benzene rings is 1. The van der Waals surface area contributed by atoms with Gasteiger partial charge >= 0.3 is 0 Å². The van der Waals surface area contributed by atoms with Gasteiger partial charge in [-0.3, -0.25) is 0 Å². The van der Waals surface area contributed by atoms with Crippen LogP contribution < -0.4 is 4.74 Å². The van der Waals surface area contributed by atoms with Gasteiger partial charge in [-0.05, 0) is 23.7 Å². The molecule has 6 nitrogen and oxygen atoms in total. The number of hydrogen-bond acceptors (Lipinski definition) is 4. The summed E-state index contributed by atoms with van der Waals surface area (Å²) in [6, 6.07) is 3.82. The largest absolute Gasteiger partial charge is 0.487 e. The molecule has 18 heavy (non-hydrogen) atoms. The molecule has 0 unspecified atom stereocenters. The van der Waals surface area contributed by atoms with Crippen LogP contribution in [-0.2, 0) is 0 Å². The SMILES string of the molecule is [N-]=[N+]=NC[C@H](O)[C@H]1C[C@H](O)c2cc(F)ccc2O1. The third-order valence-electron chi connectivity index (χ3n) is 2.83. The summed E-state index contributed by atoms with van der Waals surface area (Å²) in [4.78, 5) is 2.54. The number of rotatable bonds is 3. The maximum absolute atomic E-state index is 13.0. The minimum atomic E-state index is -1.01. The second-order valence-electron chi connectivity index (χ2n) is 4.07. The van der Waals surface area contributed by atoms with E-state index >= 15 is 0 Å². The Bertz CT molecular complexity index is 490. The van der Waals surface area contributed by atoms with Crippen LogP contribution in [0.2, 0.25) is 0 Å². The fourth-order valence-electron chi connectivity index (χ4n) is 1.92. The number of ether oxygens (including phenoxy) is 1. The first-order valence-electron chi connectivity index (χ1n) is 5.45. The summed E-state index contributed by atoms with van der Waals surface area (Å²) in [5.41, 5.74) is 8.53. The van der Waals surface area contributed by atoms with Gasteiger partial charge in [0.2, 0.25) is 0 Å². The van der Waals surface area contributed by atoms with Crippen molar-refractivity contribution >= 4 is 0 Å². The van der Waals surface area contributed by atoms with Gasteiger partial charge in [-0.25, -0.2) is 4.39 Å². The molecule has 2 N–H and O–H groups in total. The normalized spacial score (nSPS) is 23.5. The summed E-state index contributed by atoms with van der Waals surface area (Å²) >= 11 is 0. The van der Waals surface area contributed by atoms with E-state index in [-0.39, 0.29) is 13.0 Å². The van der Waals surface area contributed by atoms with Crippen molar-refractivity contribution in [1.82, 2.24) is 0 Å². The molecule has 1 aliphatic rings. The lowest BCUT2D eigenvalue weighted by Gasteiger charge is -2.31. The van der Waals surface area contributed by atoms with Crippen LogP contribution in [0.5, 0.6) is 5.75 Å². The van der Waals surface area contributed by atoms with Gasteiger partial charge < -0.3 is 14.9 Å². The van der Waals surface area contributed by atoms with Crippen LogP contribution >= 0.6 is 0 Å². The van der Waals surface area contributed by atoms with E-state index in [2.05, 4.69) is 10.0 Å². The van der Waals surface area contributed by atoms with Crippen molar-refractivity contribution < 1.29 is 19.3 Å². The van der Waals surface area contributed by atoms with Gasteiger partial charge in [-0.1, -0.05) is 5.11 Å². The molecule has 1 aromatic carbocycles. The van der Waals surface area contributed by atoms with Gasteiger partial charge in [0, 0.05) is 16.9 Å². The first-order valence-corrected chi connectivity index (χ1v) is 5.45. The highest BCUT2D eigenvalue weighted by Crippen LogP contribution is 2.36. The molecule has 0 aliphatic carbocycles. The smallest absolute Gasteiger partial charge is 0.127 e. The van der Waals surface area contributed by atoms with Crippen molar-refractivity contribution in [3.05, 3.63) is 40.0 Å². The molecule has 1 aromatic rings. The Morgan fingerprint density at radius 2 is 2.39 bits per heavy atom. The molecule has 0 bridgehead atoms. The highest BCUT2D eigenvalue weighted by atomic mass is 19.1. The minimum absolute atomic E-state index is 0.124. The van der Waals surface area contributed by atoms with Gasteiger partial charge in [0.25, 0.3) is 0 Å². The van der Waals surface area contributed by atoms with Crippen molar-refractivity contribution in [3.63, 3.8) is 0 Å². The molecule has 0 aromatic heterocycles. The predicted octanol–water partition coefficient (Wildman–Crippen LogP) is 1.68. The Kier molecular flexibility index (Phi) is 3.66. The third-order valence-corrected chi connectivity index (χ3v) is 2.83. The van der Waals surface area contributed by atoms with Crippen LogP contribution in [0.1, 0.15) is 18.1 Å². The molecule has 2 rings (SSSR count). The third kappa shape index (κ3) is 2.53. The molecule has 7 heteroatoms. The predicted molar refractivity (Wildman–Crippen MR) is 60.4 cm³/mol. The lowest BCUT2D eigenvalue weighted by molar-refractivity contribution is -0.0102. The number of hydrogen-bond donors (Lipinski definition) is 2. The second kappa shape index (κ2) is 5.22. The van der Waals surface area contributed by atoms with Crippen LogP contribution in [0.25, 0.3) is 10.4 Å². The van der Waals surface area contributed by atoms with E-state index in [1.165, 1.54) is 18.2 Å². The lowest BCUT2D eigenvalue weighted by atomic mass is 9.96. The molecule has 3 atom stereocenters. The molecule has 1 heterocycles. The van der Waals surface area contributed by atoms with Crippen LogP contribution in [0.3, 0.4) is 0 Å². The Morgan fingerprint density at radius 1 is 1.61 bits per heavy atom. The molecule has 0 spiro atoms. The number of aliphatic hydroxyl groups is 2. The highest BCUT2D eigenvalue weighted by molar-refractivity contribution is 5.37. The quantitative estimate of drug-likeness (QED) is 0.487. The van der Waals surface area contributed by atoms with Crippen molar-refractivity contribution in [2.45, 2.75) is 24.7 Å². The Balaban J connectivity index is 2.17. The van der Waals surface area contributed by atoms with Crippen molar-refractivity contribution in [2.24, 2.45) is 5.11 Å². The van der Waals surface area contributed by atoms with E-state index in [0.717, 1.165) is 0 Å². The highest BCUT2D eigenvalue weighted by Gasteiger charge is 2.31. The standard InChI is InChI=1S/C11H12FN3O3/c12-6-1-2-10-7(3-6)8(16)4-11(18-10)9(17)5-14-15-13/h1-3,8-9,11,16-17H,4-5H2/t8-,9-,11+/m0/s1. The zero-order chi connectivity index (χ0) is 13.1. The summed E-state index contributed by atoms with van der Waals surface area (Å²) in [5, 5.41) is 22.8. The zero-order valence-electron chi connectivity index (χ0n) is 9.40. The molecular weight excluding hydrogens is 241 g/mol. The van der Waals surface area contributed by atoms with Crippen LogP contribution in [-0.4, -0.2) is 29.0 Å². The van der Waals surface area contributed by atoms with Gasteiger partial charge in [-0.2, -0.15) is 0 Å². The van der Waals surface area contributed by atoms with Gasteiger partial charge in [0.15, 0.2) is 0 Å². The Hall–Kier alpha value is -1.82. The van der Waals surface area contributed by atoms with Crippen molar-refractivity contribution in [3.8, 4) is 5.75 Å². The van der Waals surface area contributed by atoms with E-state index in [9.17, 15) is 14.6 Å². The van der Waals surface area contributed by atoms with Crippen LogP contribution in [0.4, 0.5) is 4.39 Å². The molecule has 0 radical (unpaired) electrons. The monoisotopic (exact) mass is 253 g/mol. The summed E-state index contributed by atoms with van der Waals surface area (Å²) < 4.78 is 18.5. The summed E-state index contributed by atoms with van der Waals surface area (Å²) in [5.74, 6) is -0.121. The maximum atomic E-state index is 13.0. The van der Waals surface area contributed by atoms with E-state index < -0.39 is 24.1 Å². The van der Waals surface area contributed by atoms with Gasteiger partial charge in [-0.15, -0.1) is 0 Å². The summed E-state index contributed by atoms with van der Waals surface area (Å²) in [6.07, 6.45) is -2.47. The second-order valence-corrected chi connectivity index (χ2v) is 4.07. The molecular formula is C11H12FN3O3. The van der Waals surface area contributed by atoms with Crippen molar-refractivity contribution in [2.75, 3.05) is 6.54 Å². The number of azide groups is 1. The van der Waals surface area contributed by atoms with E-state index in [0.29, 0.717) is 11.3 Å². The Labute approximate surface area is 102 Å². The summed E-state index contributed by atoms with van der Waals surface area (Å²) in [7, 11) is 0. The summed E-state index contributed by atoms with van der Waals surface area (Å²) in [6.45, 7) is -0.135. The molecule has 96 valence electrons. The minimum Gasteiger partial charge on any atom is -0.487 e. The topological polar surface area (TPSA) is 98.5 Å². The Morgan fingerprint density at radius 3 is 3.11 bits per heavy atom. The maximum Gasteiger partial charge on any atom is 0.127 e. The average Bonchev–Trinajstić information content (AvgIpc) is 2.36. The fraction of sp³-hybridized carbons (Fsp3) is 0.455. The lowest BCUT2D eigenvalue weighted by Crippen LogP contribution is -2.38. The van der Waals surface area contributed by atoms with E-state index in [4.69, 9.17) is 10.3 Å². The number of halogens is 1. The van der Waals surface area contributed by atoms with Crippen LogP contribution in [0, 0.1) is 5.82 Å². The van der Waals surface area contributed by atoms with E-state index in [1.54, 1.807) is 0 Å². The molecule has 0 saturated heterocycles. The molecule has 0 amide bonds. The zero-order valence-corrected chi connectivity index (χ0v) is 9.40. The van der Waals surface area contributed by atoms with Gasteiger partial charge in [0.1, 0.15) is 17.7 Å². The number of nitrogens with zero attached hydrogens (tertiary/aromatic N) is 3. The van der Waals surface area contributed by atoms with E-state index in [1.807, 2.05) is 0 Å². The van der Waals surface area contributed by atoms with Gasteiger partial charge in [0.05, 0.1) is 18.8 Å². The first-order chi connectivity index (χ1) is 8.61. The number of aliphatic hydroxyl groups excluding tert-OH is 2. The number of fused-ring (bicyclic) bond motifs is 1. The average molecular weight is 253 g/mol. The van der Waals surface area contributed by atoms with Crippen molar-refractivity contribution in [1.29, 1.82) is 0 Å². The molecule has 0 fully saturated rings. The van der Waals surface area contributed by atoms with Crippen LogP contribution in [0.15, 0.2) is 23.3 Å². The first kappa shape index (κ1) is 12.6. The fourth-order valence-corrected chi connectivity index (χ4v) is 1.92. The molecule has 1 aliphatic heterocycles.